The number of aromatic nitrogens is 1. The number of benzene rings is 3. The smallest absolute Gasteiger partial charge is 0.418 e. The maximum Gasteiger partial charge on any atom is 0.418 e. The minimum Gasteiger partial charge on any atom is -0.508 e. The van der Waals surface area contributed by atoms with E-state index in [9.17, 15) is 23.1 Å². The molecule has 2 N–H and O–H groups in total. The van der Waals surface area contributed by atoms with E-state index in [4.69, 9.17) is 9.15 Å². The van der Waals surface area contributed by atoms with Gasteiger partial charge in [0.25, 0.3) is 0 Å². The number of imide groups is 1. The van der Waals surface area contributed by atoms with Crippen LogP contribution in [0.1, 0.15) is 44.2 Å². The monoisotopic (exact) mass is 607 g/mol. The standard InChI is InChI=1S/C32H37N3O7S/c1-32(2,3)42-31(38)35(19-20-43(39,40)22-23-11-5-4-6-12-23)30(37)33-25(18-17-24-13-7-9-15-27(24)36)21-29-34-26-14-8-10-16-28(26)41-29/h4-16,25,36H,17-22H2,1-3H3,(H,33,37)/t25-/m1/s1. The number of carbonyl (C=O) groups is 2. The SMILES string of the molecule is CC(C)(C)OC(=O)N(CCS(=O)(=O)Cc1ccccc1)C(=O)N[C@H](CCc1ccccc1O)Cc1nc2ccccc2o1. The van der Waals surface area contributed by atoms with Gasteiger partial charge in [0.1, 0.15) is 16.9 Å². The molecule has 0 saturated carbocycles. The molecule has 1 aromatic heterocycles. The van der Waals surface area contributed by atoms with Crippen molar-refractivity contribution in [2.75, 3.05) is 12.3 Å². The predicted octanol–water partition coefficient (Wildman–Crippen LogP) is 5.64. The molecule has 0 spiro atoms. The molecule has 3 aromatic carbocycles. The Morgan fingerprint density at radius 3 is 2.37 bits per heavy atom. The number of amides is 3. The van der Waals surface area contributed by atoms with Crippen molar-refractivity contribution >= 4 is 33.1 Å². The number of rotatable bonds is 11. The van der Waals surface area contributed by atoms with Crippen LogP contribution in [-0.4, -0.2) is 59.5 Å². The third kappa shape index (κ3) is 9.57. The van der Waals surface area contributed by atoms with Crippen molar-refractivity contribution in [1.82, 2.24) is 15.2 Å². The van der Waals surface area contributed by atoms with Crippen LogP contribution in [-0.2, 0) is 33.2 Å². The summed E-state index contributed by atoms with van der Waals surface area (Å²) in [4.78, 5) is 32.1. The minimum absolute atomic E-state index is 0.133. The number of para-hydroxylation sites is 3. The number of hydrogen-bond donors (Lipinski definition) is 2. The first-order valence-electron chi connectivity index (χ1n) is 14.1. The first-order valence-corrected chi connectivity index (χ1v) is 15.9. The lowest BCUT2D eigenvalue weighted by atomic mass is 10.0. The lowest BCUT2D eigenvalue weighted by molar-refractivity contribution is 0.0328. The number of ether oxygens (including phenoxy) is 1. The zero-order valence-corrected chi connectivity index (χ0v) is 25.3. The summed E-state index contributed by atoms with van der Waals surface area (Å²) in [6.45, 7) is 4.59. The van der Waals surface area contributed by atoms with Crippen LogP contribution in [0.4, 0.5) is 9.59 Å². The lowest BCUT2D eigenvalue weighted by Crippen LogP contribution is -2.51. The second-order valence-corrected chi connectivity index (χ2v) is 13.5. The number of urea groups is 1. The van der Waals surface area contributed by atoms with Crippen molar-refractivity contribution in [2.45, 2.75) is 57.4 Å². The van der Waals surface area contributed by atoms with Gasteiger partial charge in [-0.1, -0.05) is 60.7 Å². The molecule has 1 atom stereocenters. The number of fused-ring (bicyclic) bond motifs is 1. The highest BCUT2D eigenvalue weighted by Gasteiger charge is 2.30. The Labute approximate surface area is 251 Å². The van der Waals surface area contributed by atoms with Crippen molar-refractivity contribution in [3.8, 4) is 5.75 Å². The van der Waals surface area contributed by atoms with Crippen LogP contribution in [0.5, 0.6) is 5.75 Å². The number of oxazole rings is 1. The van der Waals surface area contributed by atoms with Gasteiger partial charge in [-0.15, -0.1) is 0 Å². The maximum atomic E-state index is 13.6. The van der Waals surface area contributed by atoms with Crippen LogP contribution >= 0.6 is 0 Å². The van der Waals surface area contributed by atoms with Crippen molar-refractivity contribution in [3.63, 3.8) is 0 Å². The first-order chi connectivity index (χ1) is 20.4. The largest absolute Gasteiger partial charge is 0.508 e. The van der Waals surface area contributed by atoms with E-state index in [1.54, 1.807) is 75.4 Å². The van der Waals surface area contributed by atoms with E-state index in [0.717, 1.165) is 4.90 Å². The van der Waals surface area contributed by atoms with Gasteiger partial charge in [-0.3, -0.25) is 0 Å². The van der Waals surface area contributed by atoms with E-state index >= 15 is 0 Å². The zero-order chi connectivity index (χ0) is 31.0. The third-order valence-electron chi connectivity index (χ3n) is 6.55. The number of sulfone groups is 1. The molecular weight excluding hydrogens is 570 g/mol. The number of aryl methyl sites for hydroxylation is 1. The highest BCUT2D eigenvalue weighted by molar-refractivity contribution is 7.90. The second-order valence-electron chi connectivity index (χ2n) is 11.3. The van der Waals surface area contributed by atoms with Crippen LogP contribution < -0.4 is 5.32 Å². The van der Waals surface area contributed by atoms with Crippen molar-refractivity contribution in [1.29, 1.82) is 0 Å². The molecule has 0 aliphatic rings. The molecule has 43 heavy (non-hydrogen) atoms. The van der Waals surface area contributed by atoms with Gasteiger partial charge in [0.15, 0.2) is 21.3 Å². The normalized spacial score (nSPS) is 12.5. The summed E-state index contributed by atoms with van der Waals surface area (Å²) in [6.07, 6.45) is 0.0237. The average molecular weight is 608 g/mol. The highest BCUT2D eigenvalue weighted by Crippen LogP contribution is 2.21. The number of hydrogen-bond acceptors (Lipinski definition) is 8. The molecule has 0 unspecified atom stereocenters. The van der Waals surface area contributed by atoms with E-state index in [1.165, 1.54) is 0 Å². The Morgan fingerprint density at radius 1 is 1.00 bits per heavy atom. The topological polar surface area (TPSA) is 139 Å². The van der Waals surface area contributed by atoms with Gasteiger partial charge in [0, 0.05) is 19.0 Å². The molecule has 228 valence electrons. The quantitative estimate of drug-likeness (QED) is 0.223. The second kappa shape index (κ2) is 13.7. The van der Waals surface area contributed by atoms with Crippen LogP contribution in [0.25, 0.3) is 11.1 Å². The Kier molecular flexibility index (Phi) is 10.1. The van der Waals surface area contributed by atoms with Gasteiger partial charge >= 0.3 is 12.1 Å². The van der Waals surface area contributed by atoms with Crippen LogP contribution in [0, 0.1) is 0 Å². The highest BCUT2D eigenvalue weighted by atomic mass is 32.2. The Balaban J connectivity index is 1.54. The Hall–Kier alpha value is -4.38. The van der Waals surface area contributed by atoms with Crippen LogP contribution in [0.3, 0.4) is 0 Å². The molecule has 1 heterocycles. The fraction of sp³-hybridized carbons (Fsp3) is 0.344. The van der Waals surface area contributed by atoms with E-state index in [2.05, 4.69) is 10.3 Å². The molecule has 0 aliphatic heterocycles. The molecule has 0 radical (unpaired) electrons. The number of nitrogens with one attached hydrogen (secondary N) is 1. The molecule has 0 fully saturated rings. The summed E-state index contributed by atoms with van der Waals surface area (Å²) >= 11 is 0. The molecule has 4 aromatic rings. The van der Waals surface area contributed by atoms with Crippen LogP contribution in [0.2, 0.25) is 0 Å². The van der Waals surface area contributed by atoms with Gasteiger partial charge in [0.05, 0.1) is 11.5 Å². The molecule has 0 bridgehead atoms. The maximum absolute atomic E-state index is 13.6. The van der Waals surface area contributed by atoms with E-state index < -0.39 is 45.9 Å². The summed E-state index contributed by atoms with van der Waals surface area (Å²) < 4.78 is 37.2. The van der Waals surface area contributed by atoms with Gasteiger partial charge in [-0.05, 0) is 62.9 Å². The number of aromatic hydroxyl groups is 1. The first kappa shape index (κ1) is 31.6. The number of carbonyl (C=O) groups excluding carboxylic acids is 2. The van der Waals surface area contributed by atoms with Gasteiger partial charge in [-0.2, -0.15) is 0 Å². The van der Waals surface area contributed by atoms with Crippen molar-refractivity contribution in [3.05, 3.63) is 95.9 Å². The zero-order valence-electron chi connectivity index (χ0n) is 24.5. The van der Waals surface area contributed by atoms with Crippen LogP contribution in [0.15, 0.2) is 83.3 Å². The number of phenols is 1. The fourth-order valence-electron chi connectivity index (χ4n) is 4.47. The van der Waals surface area contributed by atoms with E-state index in [0.29, 0.717) is 41.0 Å². The van der Waals surface area contributed by atoms with Crippen molar-refractivity contribution < 1.29 is 32.3 Å². The third-order valence-corrected chi connectivity index (χ3v) is 8.13. The van der Waals surface area contributed by atoms with E-state index in [1.807, 2.05) is 24.3 Å². The molecule has 0 aliphatic carbocycles. The molecular formula is C32H37N3O7S. The van der Waals surface area contributed by atoms with Crippen molar-refractivity contribution in [2.24, 2.45) is 0 Å². The number of phenolic OH excluding ortho intramolecular Hbond substituents is 1. The average Bonchev–Trinajstić information content (AvgIpc) is 3.34. The number of nitrogens with zero attached hydrogens (tertiary/aromatic N) is 2. The van der Waals surface area contributed by atoms with Gasteiger partial charge in [-0.25, -0.2) is 27.9 Å². The minimum atomic E-state index is -3.67. The van der Waals surface area contributed by atoms with Gasteiger partial charge < -0.3 is 19.6 Å². The predicted molar refractivity (Wildman–Crippen MR) is 163 cm³/mol. The summed E-state index contributed by atoms with van der Waals surface area (Å²) in [6, 6.07) is 21.5. The van der Waals surface area contributed by atoms with E-state index in [-0.39, 0.29) is 17.9 Å². The molecule has 11 heteroatoms. The van der Waals surface area contributed by atoms with Gasteiger partial charge in [0.2, 0.25) is 0 Å². The summed E-state index contributed by atoms with van der Waals surface area (Å²) in [5, 5.41) is 13.1. The summed E-state index contributed by atoms with van der Waals surface area (Å²) in [5.74, 6) is -0.146. The Bertz CT molecular complexity index is 1610. The Morgan fingerprint density at radius 2 is 1.67 bits per heavy atom. The molecule has 10 nitrogen and oxygen atoms in total. The molecule has 3 amide bonds. The summed E-state index contributed by atoms with van der Waals surface area (Å²) in [5.41, 5.74) is 1.65. The molecule has 4 rings (SSSR count). The summed E-state index contributed by atoms with van der Waals surface area (Å²) in [7, 11) is -3.67. The lowest BCUT2D eigenvalue weighted by Gasteiger charge is -2.28. The fourth-order valence-corrected chi connectivity index (χ4v) is 5.78. The molecule has 0 saturated heterocycles.